The monoisotopic (exact) mass is 230 g/mol. The van der Waals surface area contributed by atoms with Gasteiger partial charge in [-0.25, -0.2) is 8.42 Å². The third-order valence-corrected chi connectivity index (χ3v) is 4.22. The molecule has 1 aromatic rings. The topological polar surface area (TPSA) is 78.1 Å². The zero-order chi connectivity index (χ0) is 10.9. The van der Waals surface area contributed by atoms with Gasteiger partial charge in [-0.05, 0) is 13.0 Å². The van der Waals surface area contributed by atoms with Crippen LogP contribution in [0.4, 0.5) is 0 Å². The van der Waals surface area contributed by atoms with E-state index in [1.54, 1.807) is 0 Å². The maximum Gasteiger partial charge on any atom is 0.260 e. The van der Waals surface area contributed by atoms with E-state index in [9.17, 15) is 8.42 Å². The molecule has 2 heterocycles. The van der Waals surface area contributed by atoms with Gasteiger partial charge in [0.25, 0.3) is 10.0 Å². The summed E-state index contributed by atoms with van der Waals surface area (Å²) in [7, 11) is -3.38. The number of piperazine rings is 1. The number of sulfonamides is 1. The molecule has 1 aliphatic rings. The van der Waals surface area contributed by atoms with Gasteiger partial charge in [0.15, 0.2) is 5.03 Å². The smallest absolute Gasteiger partial charge is 0.260 e. The molecule has 0 radical (unpaired) electrons. The van der Waals surface area contributed by atoms with Crippen molar-refractivity contribution < 1.29 is 8.42 Å². The fraction of sp³-hybridized carbons (Fsp3) is 0.625. The molecule has 6 nitrogen and oxygen atoms in total. The lowest BCUT2D eigenvalue weighted by atomic mass is 10.3. The van der Waals surface area contributed by atoms with Crippen LogP contribution in [0.3, 0.4) is 0 Å². The van der Waals surface area contributed by atoms with Crippen LogP contribution in [0.5, 0.6) is 0 Å². The Bertz CT molecular complexity index is 414. The Hall–Kier alpha value is -0.920. The fourth-order valence-corrected chi connectivity index (χ4v) is 3.07. The molecule has 0 unspecified atom stereocenters. The highest BCUT2D eigenvalue weighted by Gasteiger charge is 2.29. The molecule has 0 aliphatic carbocycles. The highest BCUT2D eigenvalue weighted by atomic mass is 32.2. The van der Waals surface area contributed by atoms with Gasteiger partial charge in [-0.3, -0.25) is 5.10 Å². The van der Waals surface area contributed by atoms with Crippen molar-refractivity contribution in [3.8, 4) is 0 Å². The summed E-state index contributed by atoms with van der Waals surface area (Å²) >= 11 is 0. The molecule has 1 aromatic heterocycles. The number of hydrogen-bond donors (Lipinski definition) is 2. The van der Waals surface area contributed by atoms with Crippen molar-refractivity contribution in [3.63, 3.8) is 0 Å². The predicted octanol–water partition coefficient (Wildman–Crippen LogP) is -0.608. The van der Waals surface area contributed by atoms with E-state index in [0.29, 0.717) is 19.6 Å². The van der Waals surface area contributed by atoms with Crippen molar-refractivity contribution in [1.82, 2.24) is 19.8 Å². The van der Waals surface area contributed by atoms with Crippen LogP contribution < -0.4 is 5.32 Å². The van der Waals surface area contributed by atoms with E-state index in [4.69, 9.17) is 0 Å². The number of H-pyrrole nitrogens is 1. The van der Waals surface area contributed by atoms with E-state index < -0.39 is 10.0 Å². The van der Waals surface area contributed by atoms with Gasteiger partial charge < -0.3 is 5.32 Å². The van der Waals surface area contributed by atoms with Gasteiger partial charge in [-0.2, -0.15) is 9.40 Å². The van der Waals surface area contributed by atoms with Crippen LogP contribution in [-0.4, -0.2) is 48.6 Å². The molecule has 0 spiro atoms. The Labute approximate surface area is 88.7 Å². The first-order valence-corrected chi connectivity index (χ1v) is 6.27. The largest absolute Gasteiger partial charge is 0.312 e. The first-order chi connectivity index (χ1) is 7.10. The van der Waals surface area contributed by atoms with Crippen LogP contribution in [0.2, 0.25) is 0 Å². The fourth-order valence-electron chi connectivity index (χ4n) is 1.64. The molecule has 2 rings (SSSR count). The van der Waals surface area contributed by atoms with Crippen LogP contribution in [0.25, 0.3) is 0 Å². The zero-order valence-electron chi connectivity index (χ0n) is 8.47. The third kappa shape index (κ3) is 2.04. The molecule has 7 heteroatoms. The molecule has 0 saturated carbocycles. The second-order valence-electron chi connectivity index (χ2n) is 3.64. The van der Waals surface area contributed by atoms with Crippen molar-refractivity contribution in [2.24, 2.45) is 0 Å². The van der Waals surface area contributed by atoms with E-state index in [0.717, 1.165) is 0 Å². The van der Waals surface area contributed by atoms with Gasteiger partial charge in [-0.1, -0.05) is 0 Å². The maximum absolute atomic E-state index is 12.0. The van der Waals surface area contributed by atoms with Gasteiger partial charge in [0.2, 0.25) is 0 Å². The molecule has 1 fully saturated rings. The second-order valence-corrected chi connectivity index (χ2v) is 5.55. The van der Waals surface area contributed by atoms with Gasteiger partial charge in [0.05, 0.1) is 6.20 Å². The summed E-state index contributed by atoms with van der Waals surface area (Å²) in [5.41, 5.74) is 0. The highest BCUT2D eigenvalue weighted by molar-refractivity contribution is 7.89. The summed E-state index contributed by atoms with van der Waals surface area (Å²) in [6.07, 6.45) is 1.44. The Morgan fingerprint density at radius 1 is 1.60 bits per heavy atom. The summed E-state index contributed by atoms with van der Waals surface area (Å²) in [4.78, 5) is 0. The summed E-state index contributed by atoms with van der Waals surface area (Å²) in [6, 6.07) is 1.67. The van der Waals surface area contributed by atoms with Crippen LogP contribution in [0.15, 0.2) is 17.3 Å². The number of nitrogens with zero attached hydrogens (tertiary/aromatic N) is 2. The molecular weight excluding hydrogens is 216 g/mol. The Morgan fingerprint density at radius 2 is 2.40 bits per heavy atom. The van der Waals surface area contributed by atoms with E-state index in [1.165, 1.54) is 16.6 Å². The van der Waals surface area contributed by atoms with Crippen molar-refractivity contribution >= 4 is 10.0 Å². The minimum Gasteiger partial charge on any atom is -0.312 e. The number of nitrogens with one attached hydrogen (secondary N) is 2. The summed E-state index contributed by atoms with van der Waals surface area (Å²) < 4.78 is 25.5. The molecule has 0 bridgehead atoms. The van der Waals surface area contributed by atoms with Gasteiger partial charge in [0.1, 0.15) is 0 Å². The first kappa shape index (κ1) is 10.6. The molecule has 1 aliphatic heterocycles. The van der Waals surface area contributed by atoms with Crippen molar-refractivity contribution in [2.75, 3.05) is 19.6 Å². The van der Waals surface area contributed by atoms with Crippen LogP contribution in [0, 0.1) is 0 Å². The first-order valence-electron chi connectivity index (χ1n) is 4.83. The molecule has 0 amide bonds. The number of aromatic nitrogens is 2. The minimum atomic E-state index is -3.38. The van der Waals surface area contributed by atoms with Crippen LogP contribution in [-0.2, 0) is 10.0 Å². The predicted molar refractivity (Wildman–Crippen MR) is 54.8 cm³/mol. The lowest BCUT2D eigenvalue weighted by Crippen LogP contribution is -2.51. The average Bonchev–Trinajstić information content (AvgIpc) is 2.71. The summed E-state index contributed by atoms with van der Waals surface area (Å²) in [6.45, 7) is 3.66. The summed E-state index contributed by atoms with van der Waals surface area (Å²) in [5.74, 6) is 0. The molecular formula is C8H14N4O2S. The third-order valence-electron chi connectivity index (χ3n) is 2.42. The number of hydrogen-bond acceptors (Lipinski definition) is 4. The van der Waals surface area contributed by atoms with Crippen molar-refractivity contribution in [2.45, 2.75) is 18.0 Å². The minimum absolute atomic E-state index is 0.164. The lowest BCUT2D eigenvalue weighted by Gasteiger charge is -2.30. The van der Waals surface area contributed by atoms with Crippen molar-refractivity contribution in [3.05, 3.63) is 12.3 Å². The average molecular weight is 230 g/mol. The standard InChI is InChI=1S/C8H14N4O2S/c1-7-6-12(5-4-9-7)15(13,14)8-2-3-10-11-8/h2-3,7,9H,4-6H2,1H3,(H,10,11)/t7-/m0/s1. The number of aromatic amines is 1. The Morgan fingerprint density at radius 3 is 3.00 bits per heavy atom. The maximum atomic E-state index is 12.0. The molecule has 1 atom stereocenters. The van der Waals surface area contributed by atoms with Crippen molar-refractivity contribution in [1.29, 1.82) is 0 Å². The Balaban J connectivity index is 2.22. The highest BCUT2D eigenvalue weighted by Crippen LogP contribution is 2.13. The van der Waals surface area contributed by atoms with E-state index in [2.05, 4.69) is 15.5 Å². The number of rotatable bonds is 2. The van der Waals surface area contributed by atoms with Crippen LogP contribution in [0.1, 0.15) is 6.92 Å². The quantitative estimate of drug-likeness (QED) is 0.710. The van der Waals surface area contributed by atoms with Gasteiger partial charge >= 0.3 is 0 Å². The Kier molecular flexibility index (Phi) is 2.76. The normalized spacial score (nSPS) is 24.2. The molecule has 84 valence electrons. The zero-order valence-corrected chi connectivity index (χ0v) is 9.29. The van der Waals surface area contributed by atoms with Crippen LogP contribution >= 0.6 is 0 Å². The van der Waals surface area contributed by atoms with Gasteiger partial charge in [0, 0.05) is 25.7 Å². The SMILES string of the molecule is C[C@H]1CN(S(=O)(=O)c2ccn[nH]2)CCN1. The lowest BCUT2D eigenvalue weighted by molar-refractivity contribution is 0.309. The molecule has 1 saturated heterocycles. The van der Waals surface area contributed by atoms with E-state index >= 15 is 0 Å². The molecule has 0 aromatic carbocycles. The molecule has 15 heavy (non-hydrogen) atoms. The summed E-state index contributed by atoms with van der Waals surface area (Å²) in [5, 5.41) is 9.51. The van der Waals surface area contributed by atoms with Gasteiger partial charge in [-0.15, -0.1) is 0 Å². The second kappa shape index (κ2) is 3.92. The molecule has 2 N–H and O–H groups in total. The van der Waals surface area contributed by atoms with E-state index in [-0.39, 0.29) is 11.1 Å². The van der Waals surface area contributed by atoms with E-state index in [1.807, 2.05) is 6.92 Å².